The fourth-order valence-corrected chi connectivity index (χ4v) is 3.85. The Balaban J connectivity index is 1.51. The van der Waals surface area contributed by atoms with E-state index < -0.39 is 0 Å². The van der Waals surface area contributed by atoms with E-state index in [9.17, 15) is 9.59 Å². The minimum absolute atomic E-state index is 0.0408. The van der Waals surface area contributed by atoms with Crippen LogP contribution in [0, 0.1) is 20.8 Å². The third kappa shape index (κ3) is 3.83. The molecule has 2 N–H and O–H groups in total. The highest BCUT2D eigenvalue weighted by Crippen LogP contribution is 2.22. The highest BCUT2D eigenvalue weighted by atomic mass is 35.5. The number of aromatic nitrogens is 3. The van der Waals surface area contributed by atoms with Crippen LogP contribution in [-0.4, -0.2) is 27.0 Å². The van der Waals surface area contributed by atoms with Crippen LogP contribution in [0.1, 0.15) is 22.4 Å². The summed E-state index contributed by atoms with van der Waals surface area (Å²) in [4.78, 5) is 32.9. The molecule has 0 aliphatic carbocycles. The lowest BCUT2D eigenvalue weighted by Gasteiger charge is -2.13. The van der Waals surface area contributed by atoms with Crippen molar-refractivity contribution < 1.29 is 4.79 Å². The van der Waals surface area contributed by atoms with E-state index in [2.05, 4.69) is 15.3 Å². The molecule has 0 saturated carbocycles. The van der Waals surface area contributed by atoms with Gasteiger partial charge in [0, 0.05) is 28.7 Å². The van der Waals surface area contributed by atoms with Crippen molar-refractivity contribution in [2.45, 2.75) is 33.7 Å². The molecule has 0 atom stereocenters. The minimum atomic E-state index is -0.243. The number of rotatable bonds is 5. The van der Waals surface area contributed by atoms with Gasteiger partial charge in [0.1, 0.15) is 12.2 Å². The fraction of sp³-hybridized carbons (Fsp3) is 0.261. The second kappa shape index (κ2) is 7.95. The maximum atomic E-state index is 12.7. The van der Waals surface area contributed by atoms with Gasteiger partial charge in [-0.1, -0.05) is 11.6 Å². The number of amides is 1. The van der Waals surface area contributed by atoms with Gasteiger partial charge in [0.15, 0.2) is 0 Å². The molecule has 2 aromatic carbocycles. The van der Waals surface area contributed by atoms with Gasteiger partial charge in [-0.3, -0.25) is 14.2 Å². The summed E-state index contributed by atoms with van der Waals surface area (Å²) >= 11 is 6.10. The van der Waals surface area contributed by atoms with E-state index in [1.807, 2.05) is 50.4 Å². The number of aryl methyl sites for hydroxylation is 3. The van der Waals surface area contributed by atoms with Crippen molar-refractivity contribution in [1.82, 2.24) is 19.9 Å². The summed E-state index contributed by atoms with van der Waals surface area (Å²) in [7, 11) is 0. The molecule has 0 bridgehead atoms. The van der Waals surface area contributed by atoms with Gasteiger partial charge < -0.3 is 10.3 Å². The van der Waals surface area contributed by atoms with Crippen LogP contribution in [-0.2, 0) is 17.8 Å². The van der Waals surface area contributed by atoms with Crippen molar-refractivity contribution in [3.63, 3.8) is 0 Å². The second-order valence-corrected chi connectivity index (χ2v) is 8.05. The smallest absolute Gasteiger partial charge is 0.272 e. The number of carbonyl (C=O) groups excluding carboxylic acids is 1. The first kappa shape index (κ1) is 20.2. The van der Waals surface area contributed by atoms with Crippen molar-refractivity contribution in [3.05, 3.63) is 74.3 Å². The molecule has 0 unspecified atom stereocenters. The molecule has 4 aromatic rings. The highest BCUT2D eigenvalue weighted by Gasteiger charge is 2.13. The monoisotopic (exact) mass is 422 g/mol. The summed E-state index contributed by atoms with van der Waals surface area (Å²) in [6.45, 7) is 6.09. The molecule has 0 radical (unpaired) electrons. The van der Waals surface area contributed by atoms with Crippen molar-refractivity contribution >= 4 is 39.4 Å². The number of nitrogens with zero attached hydrogens (tertiary/aromatic N) is 2. The number of aromatic amines is 1. The zero-order valence-corrected chi connectivity index (χ0v) is 17.9. The molecule has 6 nitrogen and oxygen atoms in total. The van der Waals surface area contributed by atoms with Crippen LogP contribution >= 0.6 is 11.6 Å². The SMILES string of the molecule is Cc1cc2nc(C)c(=O)n(CC(=O)NCCc3c[nH]c4ccc(Cl)cc34)c2cc1C. The lowest BCUT2D eigenvalue weighted by atomic mass is 10.1. The van der Waals surface area contributed by atoms with Gasteiger partial charge >= 0.3 is 0 Å². The van der Waals surface area contributed by atoms with Crippen molar-refractivity contribution in [3.8, 4) is 0 Å². The predicted octanol–water partition coefficient (Wildman–Crippen LogP) is 3.82. The predicted molar refractivity (Wildman–Crippen MR) is 120 cm³/mol. The molecule has 7 heteroatoms. The summed E-state index contributed by atoms with van der Waals surface area (Å²) in [5.74, 6) is -0.208. The second-order valence-electron chi connectivity index (χ2n) is 7.62. The van der Waals surface area contributed by atoms with E-state index in [0.717, 1.165) is 33.1 Å². The van der Waals surface area contributed by atoms with Crippen molar-refractivity contribution in [2.75, 3.05) is 6.54 Å². The number of nitrogens with one attached hydrogen (secondary N) is 2. The zero-order chi connectivity index (χ0) is 21.4. The molecule has 0 aliphatic rings. The lowest BCUT2D eigenvalue weighted by Crippen LogP contribution is -2.34. The average molecular weight is 423 g/mol. The molecular formula is C23H23ClN4O2. The molecule has 0 fully saturated rings. The molecule has 30 heavy (non-hydrogen) atoms. The van der Waals surface area contributed by atoms with Gasteiger partial charge in [-0.25, -0.2) is 4.98 Å². The number of halogens is 1. The maximum Gasteiger partial charge on any atom is 0.272 e. The summed E-state index contributed by atoms with van der Waals surface area (Å²) in [5.41, 5.74) is 5.79. The van der Waals surface area contributed by atoms with Gasteiger partial charge in [-0.2, -0.15) is 0 Å². The Morgan fingerprint density at radius 2 is 1.93 bits per heavy atom. The van der Waals surface area contributed by atoms with Crippen LogP contribution in [0.5, 0.6) is 0 Å². The van der Waals surface area contributed by atoms with E-state index in [1.165, 1.54) is 4.57 Å². The third-order valence-electron chi connectivity index (χ3n) is 5.47. The largest absolute Gasteiger partial charge is 0.361 e. The van der Waals surface area contributed by atoms with E-state index in [4.69, 9.17) is 11.6 Å². The molecule has 0 spiro atoms. The number of H-pyrrole nitrogens is 1. The maximum absolute atomic E-state index is 12.7. The number of fused-ring (bicyclic) bond motifs is 2. The molecule has 1 amide bonds. The third-order valence-corrected chi connectivity index (χ3v) is 5.71. The van der Waals surface area contributed by atoms with Crippen molar-refractivity contribution in [2.24, 2.45) is 0 Å². The molecule has 2 heterocycles. The van der Waals surface area contributed by atoms with Gasteiger partial charge in [0.2, 0.25) is 5.91 Å². The minimum Gasteiger partial charge on any atom is -0.361 e. The number of hydrogen-bond acceptors (Lipinski definition) is 3. The van der Waals surface area contributed by atoms with E-state index in [-0.39, 0.29) is 18.0 Å². The summed E-state index contributed by atoms with van der Waals surface area (Å²) in [6.07, 6.45) is 2.60. The van der Waals surface area contributed by atoms with Crippen LogP contribution in [0.4, 0.5) is 0 Å². The summed E-state index contributed by atoms with van der Waals surface area (Å²) in [5, 5.41) is 4.65. The van der Waals surface area contributed by atoms with E-state index >= 15 is 0 Å². The summed E-state index contributed by atoms with van der Waals surface area (Å²) in [6, 6.07) is 9.57. The van der Waals surface area contributed by atoms with Gasteiger partial charge in [-0.15, -0.1) is 0 Å². The average Bonchev–Trinajstić information content (AvgIpc) is 3.09. The number of carbonyl (C=O) groups is 1. The normalized spacial score (nSPS) is 11.3. The first-order valence-electron chi connectivity index (χ1n) is 9.84. The summed E-state index contributed by atoms with van der Waals surface area (Å²) < 4.78 is 1.50. The lowest BCUT2D eigenvalue weighted by molar-refractivity contribution is -0.121. The first-order chi connectivity index (χ1) is 14.3. The first-order valence-corrected chi connectivity index (χ1v) is 10.2. The quantitative estimate of drug-likeness (QED) is 0.513. The Morgan fingerprint density at radius 1 is 1.17 bits per heavy atom. The van der Waals surface area contributed by atoms with Crippen LogP contribution in [0.3, 0.4) is 0 Å². The molecular weight excluding hydrogens is 400 g/mol. The fourth-order valence-electron chi connectivity index (χ4n) is 3.68. The number of benzene rings is 2. The van der Waals surface area contributed by atoms with Gasteiger partial charge in [0.25, 0.3) is 5.56 Å². The highest BCUT2D eigenvalue weighted by molar-refractivity contribution is 6.31. The molecule has 0 saturated heterocycles. The standard InChI is InChI=1S/C23H23ClN4O2/c1-13-8-20-21(9-14(13)2)28(23(30)15(3)27-20)12-22(29)25-7-6-16-11-26-19-5-4-17(24)10-18(16)19/h4-5,8-11,26H,6-7,12H2,1-3H3,(H,25,29). The Labute approximate surface area is 178 Å². The Bertz CT molecular complexity index is 1340. The Morgan fingerprint density at radius 3 is 2.73 bits per heavy atom. The van der Waals surface area contributed by atoms with E-state index in [0.29, 0.717) is 29.2 Å². The molecule has 2 aromatic heterocycles. The van der Waals surface area contributed by atoms with Crippen LogP contribution in [0.15, 0.2) is 41.3 Å². The van der Waals surface area contributed by atoms with Crippen LogP contribution in [0.2, 0.25) is 5.02 Å². The van der Waals surface area contributed by atoms with Gasteiger partial charge in [-0.05, 0) is 74.2 Å². The Hall–Kier alpha value is -3.12. The number of hydrogen-bond donors (Lipinski definition) is 2. The van der Waals surface area contributed by atoms with E-state index in [1.54, 1.807) is 6.92 Å². The van der Waals surface area contributed by atoms with Crippen LogP contribution < -0.4 is 10.9 Å². The topological polar surface area (TPSA) is 79.8 Å². The zero-order valence-electron chi connectivity index (χ0n) is 17.2. The van der Waals surface area contributed by atoms with Gasteiger partial charge in [0.05, 0.1) is 11.0 Å². The van der Waals surface area contributed by atoms with Crippen molar-refractivity contribution in [1.29, 1.82) is 0 Å². The van der Waals surface area contributed by atoms with Crippen LogP contribution in [0.25, 0.3) is 21.9 Å². The molecule has 0 aliphatic heterocycles. The Kier molecular flexibility index (Phi) is 5.35. The molecule has 154 valence electrons. The molecule has 4 rings (SSSR count).